The van der Waals surface area contributed by atoms with E-state index >= 15 is 0 Å². The highest BCUT2D eigenvalue weighted by molar-refractivity contribution is 7.98. The van der Waals surface area contributed by atoms with Crippen LogP contribution in [-0.2, 0) is 0 Å². The van der Waals surface area contributed by atoms with Gasteiger partial charge in [0, 0.05) is 4.90 Å². The van der Waals surface area contributed by atoms with Crippen molar-refractivity contribution in [2.75, 3.05) is 6.26 Å². The van der Waals surface area contributed by atoms with Crippen molar-refractivity contribution in [1.29, 1.82) is 0 Å². The van der Waals surface area contributed by atoms with Crippen molar-refractivity contribution in [2.24, 2.45) is 0 Å². The van der Waals surface area contributed by atoms with E-state index in [1.165, 1.54) is 16.0 Å². The topological polar surface area (TPSA) is 20.2 Å². The number of rotatable bonds is 2. The summed E-state index contributed by atoms with van der Waals surface area (Å²) in [5.41, 5.74) is 3.50. The second-order valence-corrected chi connectivity index (χ2v) is 4.21. The number of aryl methyl sites for hydroxylation is 1. The van der Waals surface area contributed by atoms with Crippen LogP contribution in [0.2, 0.25) is 0 Å². The van der Waals surface area contributed by atoms with Crippen LogP contribution < -0.4 is 0 Å². The molecule has 0 aliphatic carbocycles. The molecule has 1 aromatic carbocycles. The van der Waals surface area contributed by atoms with E-state index in [2.05, 4.69) is 32.2 Å². The lowest BCUT2D eigenvalue weighted by Gasteiger charge is -2.13. The predicted octanol–water partition coefficient (Wildman–Crippen LogP) is 3.08. The lowest BCUT2D eigenvalue weighted by molar-refractivity contribution is 0.198. The van der Waals surface area contributed by atoms with E-state index < -0.39 is 0 Å². The Kier molecular flexibility index (Phi) is 3.40. The molecule has 13 heavy (non-hydrogen) atoms. The van der Waals surface area contributed by atoms with Crippen LogP contribution in [0.5, 0.6) is 0 Å². The van der Waals surface area contributed by atoms with Crippen molar-refractivity contribution in [2.45, 2.75) is 31.8 Å². The van der Waals surface area contributed by atoms with E-state index in [0.717, 1.165) is 5.56 Å². The Morgan fingerprint density at radius 2 is 1.92 bits per heavy atom. The summed E-state index contributed by atoms with van der Waals surface area (Å²) in [6.45, 7) is 5.95. The van der Waals surface area contributed by atoms with Gasteiger partial charge in [-0.15, -0.1) is 11.8 Å². The van der Waals surface area contributed by atoms with Crippen molar-refractivity contribution in [1.82, 2.24) is 0 Å². The minimum atomic E-state index is -0.370. The lowest BCUT2D eigenvalue weighted by atomic mass is 10.00. The molecule has 0 aliphatic heterocycles. The van der Waals surface area contributed by atoms with Gasteiger partial charge >= 0.3 is 0 Å². The third kappa shape index (κ3) is 2.26. The Morgan fingerprint density at radius 1 is 1.31 bits per heavy atom. The van der Waals surface area contributed by atoms with Gasteiger partial charge in [-0.25, -0.2) is 0 Å². The fraction of sp³-hybridized carbons (Fsp3) is 0.455. The summed E-state index contributed by atoms with van der Waals surface area (Å²) in [5.74, 6) is 0. The Hall–Kier alpha value is -0.470. The van der Waals surface area contributed by atoms with Crippen LogP contribution in [0.3, 0.4) is 0 Å². The monoisotopic (exact) mass is 196 g/mol. The molecule has 1 unspecified atom stereocenters. The minimum Gasteiger partial charge on any atom is -0.389 e. The second kappa shape index (κ2) is 4.16. The van der Waals surface area contributed by atoms with E-state index in [1.807, 2.05) is 6.92 Å². The zero-order chi connectivity index (χ0) is 10.0. The van der Waals surface area contributed by atoms with Crippen LogP contribution in [-0.4, -0.2) is 11.4 Å². The third-order valence-corrected chi connectivity index (χ3v) is 3.07. The first kappa shape index (κ1) is 10.6. The maximum Gasteiger partial charge on any atom is 0.0764 e. The largest absolute Gasteiger partial charge is 0.389 e. The standard InChI is InChI=1S/C11H16OS/c1-7-5-10(13-4)6-11(8(7)2)9(3)12/h5-6,9,12H,1-4H3. The molecule has 1 nitrogen and oxygen atoms in total. The van der Waals surface area contributed by atoms with Gasteiger partial charge in [0.2, 0.25) is 0 Å². The fourth-order valence-corrected chi connectivity index (χ4v) is 1.94. The average molecular weight is 196 g/mol. The van der Waals surface area contributed by atoms with Crippen molar-refractivity contribution in [3.05, 3.63) is 28.8 Å². The highest BCUT2D eigenvalue weighted by atomic mass is 32.2. The fourth-order valence-electron chi connectivity index (χ4n) is 1.40. The predicted molar refractivity (Wildman–Crippen MR) is 58.3 cm³/mol. The molecule has 2 heteroatoms. The molecule has 0 amide bonds. The number of aliphatic hydroxyl groups excluding tert-OH is 1. The number of benzene rings is 1. The number of hydrogen-bond donors (Lipinski definition) is 1. The molecule has 0 aromatic heterocycles. The Labute approximate surface area is 84.2 Å². The van der Waals surface area contributed by atoms with Gasteiger partial charge < -0.3 is 5.11 Å². The second-order valence-electron chi connectivity index (χ2n) is 3.33. The van der Waals surface area contributed by atoms with Gasteiger partial charge in [-0.2, -0.15) is 0 Å². The van der Waals surface area contributed by atoms with Gasteiger partial charge in [-0.3, -0.25) is 0 Å². The van der Waals surface area contributed by atoms with Gasteiger partial charge in [0.15, 0.2) is 0 Å². The summed E-state index contributed by atoms with van der Waals surface area (Å²) >= 11 is 1.71. The van der Waals surface area contributed by atoms with E-state index in [9.17, 15) is 5.11 Å². The van der Waals surface area contributed by atoms with Crippen molar-refractivity contribution < 1.29 is 5.11 Å². The average Bonchev–Trinajstić information content (AvgIpc) is 2.09. The molecule has 1 N–H and O–H groups in total. The Balaban J connectivity index is 3.25. The van der Waals surface area contributed by atoms with Gasteiger partial charge in [-0.05, 0) is 55.9 Å². The first-order chi connectivity index (χ1) is 6.06. The summed E-state index contributed by atoms with van der Waals surface area (Å²) in [4.78, 5) is 1.22. The molecule has 0 aliphatic rings. The highest BCUT2D eigenvalue weighted by Crippen LogP contribution is 2.26. The maximum absolute atomic E-state index is 9.54. The normalized spacial score (nSPS) is 13.0. The number of thioether (sulfide) groups is 1. The SMILES string of the molecule is CSc1cc(C)c(C)c(C(C)O)c1. The summed E-state index contributed by atoms with van der Waals surface area (Å²) in [7, 11) is 0. The van der Waals surface area contributed by atoms with Crippen LogP contribution in [0.25, 0.3) is 0 Å². The van der Waals surface area contributed by atoms with E-state index in [4.69, 9.17) is 0 Å². The Bertz CT molecular complexity index is 305. The molecular formula is C11H16OS. The third-order valence-electron chi connectivity index (χ3n) is 2.37. The molecule has 0 saturated carbocycles. The van der Waals surface area contributed by atoms with Crippen molar-refractivity contribution >= 4 is 11.8 Å². The van der Waals surface area contributed by atoms with Crippen LogP contribution >= 0.6 is 11.8 Å². The molecular weight excluding hydrogens is 180 g/mol. The molecule has 0 heterocycles. The molecule has 0 saturated heterocycles. The molecule has 1 aromatic rings. The van der Waals surface area contributed by atoms with Gasteiger partial charge in [0.1, 0.15) is 0 Å². The quantitative estimate of drug-likeness (QED) is 0.733. The van der Waals surface area contributed by atoms with E-state index in [1.54, 1.807) is 11.8 Å². The molecule has 0 spiro atoms. The Morgan fingerprint density at radius 3 is 2.38 bits per heavy atom. The summed E-state index contributed by atoms with van der Waals surface area (Å²) < 4.78 is 0. The zero-order valence-corrected chi connectivity index (χ0v) is 9.40. The van der Waals surface area contributed by atoms with Crippen LogP contribution in [0.1, 0.15) is 29.7 Å². The van der Waals surface area contributed by atoms with Crippen LogP contribution in [0.4, 0.5) is 0 Å². The van der Waals surface area contributed by atoms with Gasteiger partial charge in [0.05, 0.1) is 6.10 Å². The van der Waals surface area contributed by atoms with Crippen molar-refractivity contribution in [3.8, 4) is 0 Å². The molecule has 72 valence electrons. The summed E-state index contributed by atoms with van der Waals surface area (Å²) in [5, 5.41) is 9.54. The molecule has 0 bridgehead atoms. The minimum absolute atomic E-state index is 0.370. The van der Waals surface area contributed by atoms with E-state index in [-0.39, 0.29) is 6.10 Å². The smallest absolute Gasteiger partial charge is 0.0764 e. The lowest BCUT2D eigenvalue weighted by Crippen LogP contribution is -1.97. The maximum atomic E-state index is 9.54. The molecule has 1 rings (SSSR count). The number of hydrogen-bond acceptors (Lipinski definition) is 2. The van der Waals surface area contributed by atoms with Crippen LogP contribution in [0, 0.1) is 13.8 Å². The van der Waals surface area contributed by atoms with Crippen molar-refractivity contribution in [3.63, 3.8) is 0 Å². The zero-order valence-electron chi connectivity index (χ0n) is 8.59. The first-order valence-electron chi connectivity index (χ1n) is 4.39. The summed E-state index contributed by atoms with van der Waals surface area (Å²) in [6, 6.07) is 4.23. The molecule has 0 radical (unpaired) electrons. The van der Waals surface area contributed by atoms with Gasteiger partial charge in [0.25, 0.3) is 0 Å². The van der Waals surface area contributed by atoms with Crippen LogP contribution in [0.15, 0.2) is 17.0 Å². The first-order valence-corrected chi connectivity index (χ1v) is 5.62. The summed E-state index contributed by atoms with van der Waals surface area (Å²) in [6.07, 6.45) is 1.68. The number of aliphatic hydroxyl groups is 1. The molecule has 0 fully saturated rings. The molecule has 1 atom stereocenters. The highest BCUT2D eigenvalue weighted by Gasteiger charge is 2.08. The van der Waals surface area contributed by atoms with Gasteiger partial charge in [-0.1, -0.05) is 0 Å². The van der Waals surface area contributed by atoms with E-state index in [0.29, 0.717) is 0 Å².